The quantitative estimate of drug-likeness (QED) is 0.563. The van der Waals surface area contributed by atoms with Gasteiger partial charge >= 0.3 is 0 Å². The lowest BCUT2D eigenvalue weighted by Crippen LogP contribution is -1.90. The summed E-state index contributed by atoms with van der Waals surface area (Å²) in [5.41, 5.74) is 0.600. The first-order chi connectivity index (χ1) is 8.33. The largest absolute Gasteiger partial charge is 0.261 e. The molecular weight excluding hydrogens is 260 g/mol. The molecule has 3 heterocycles. The van der Waals surface area contributed by atoms with Crippen molar-refractivity contribution in [3.8, 4) is 0 Å². The molecular formula is C9H5ClN6S. The van der Waals surface area contributed by atoms with Crippen molar-refractivity contribution in [3.05, 3.63) is 29.9 Å². The SMILES string of the molecule is Clc1nc(Sc2ncccn2)c2cn[nH]c2n1. The summed E-state index contributed by atoms with van der Waals surface area (Å²) in [6.07, 6.45) is 4.99. The fourth-order valence-electron chi connectivity index (χ4n) is 1.28. The summed E-state index contributed by atoms with van der Waals surface area (Å²) in [6.45, 7) is 0. The third kappa shape index (κ3) is 2.06. The van der Waals surface area contributed by atoms with Gasteiger partial charge in [-0.3, -0.25) is 5.10 Å². The fraction of sp³-hybridized carbons (Fsp3) is 0. The maximum absolute atomic E-state index is 5.82. The lowest BCUT2D eigenvalue weighted by Gasteiger charge is -2.00. The normalized spacial score (nSPS) is 10.9. The second-order valence-corrected chi connectivity index (χ2v) is 4.36. The molecule has 8 heteroatoms. The van der Waals surface area contributed by atoms with Gasteiger partial charge in [0.2, 0.25) is 5.28 Å². The average molecular weight is 265 g/mol. The van der Waals surface area contributed by atoms with Crippen LogP contribution in [-0.4, -0.2) is 30.1 Å². The van der Waals surface area contributed by atoms with E-state index >= 15 is 0 Å². The van der Waals surface area contributed by atoms with Gasteiger partial charge in [-0.1, -0.05) is 0 Å². The molecule has 0 spiro atoms. The first-order valence-electron chi connectivity index (χ1n) is 4.64. The van der Waals surface area contributed by atoms with Crippen LogP contribution in [0.3, 0.4) is 0 Å². The minimum atomic E-state index is 0.167. The highest BCUT2D eigenvalue weighted by Gasteiger charge is 2.10. The molecule has 0 bridgehead atoms. The second kappa shape index (κ2) is 4.27. The van der Waals surface area contributed by atoms with Crippen molar-refractivity contribution in [1.29, 1.82) is 0 Å². The lowest BCUT2D eigenvalue weighted by molar-refractivity contribution is 0.960. The molecule has 0 amide bonds. The van der Waals surface area contributed by atoms with Gasteiger partial charge in [0.1, 0.15) is 5.03 Å². The zero-order valence-electron chi connectivity index (χ0n) is 8.33. The molecule has 6 nitrogen and oxygen atoms in total. The Hall–Kier alpha value is -1.73. The first kappa shape index (κ1) is 10.4. The Morgan fingerprint density at radius 3 is 2.82 bits per heavy atom. The average Bonchev–Trinajstić information content (AvgIpc) is 2.78. The summed E-state index contributed by atoms with van der Waals surface area (Å²) in [5, 5.41) is 8.90. The van der Waals surface area contributed by atoms with Crippen molar-refractivity contribution in [1.82, 2.24) is 30.1 Å². The van der Waals surface area contributed by atoms with Crippen molar-refractivity contribution in [2.75, 3.05) is 0 Å². The summed E-state index contributed by atoms with van der Waals surface area (Å²) in [4.78, 5) is 16.4. The van der Waals surface area contributed by atoms with Crippen LogP contribution in [0.2, 0.25) is 5.28 Å². The van der Waals surface area contributed by atoms with Crippen molar-refractivity contribution >= 4 is 34.4 Å². The third-order valence-electron chi connectivity index (χ3n) is 1.98. The molecule has 17 heavy (non-hydrogen) atoms. The van der Waals surface area contributed by atoms with Crippen LogP contribution in [0.1, 0.15) is 0 Å². The number of nitrogens with one attached hydrogen (secondary N) is 1. The van der Waals surface area contributed by atoms with Crippen LogP contribution in [0.15, 0.2) is 34.8 Å². The number of hydrogen-bond acceptors (Lipinski definition) is 6. The maximum Gasteiger partial charge on any atom is 0.225 e. The van der Waals surface area contributed by atoms with E-state index in [1.165, 1.54) is 11.8 Å². The zero-order valence-corrected chi connectivity index (χ0v) is 9.90. The summed E-state index contributed by atoms with van der Waals surface area (Å²) >= 11 is 7.14. The van der Waals surface area contributed by atoms with E-state index in [-0.39, 0.29) is 5.28 Å². The number of H-pyrrole nitrogens is 1. The van der Waals surface area contributed by atoms with E-state index in [4.69, 9.17) is 11.6 Å². The number of halogens is 1. The van der Waals surface area contributed by atoms with Crippen LogP contribution in [0.4, 0.5) is 0 Å². The Balaban J connectivity index is 2.08. The number of rotatable bonds is 2. The van der Waals surface area contributed by atoms with Gasteiger partial charge in [0.25, 0.3) is 0 Å². The number of nitrogens with zero attached hydrogens (tertiary/aromatic N) is 5. The van der Waals surface area contributed by atoms with Gasteiger partial charge in [-0.15, -0.1) is 0 Å². The lowest BCUT2D eigenvalue weighted by atomic mass is 10.4. The van der Waals surface area contributed by atoms with Gasteiger partial charge in [-0.05, 0) is 29.4 Å². The van der Waals surface area contributed by atoms with E-state index in [9.17, 15) is 0 Å². The molecule has 84 valence electrons. The van der Waals surface area contributed by atoms with Gasteiger partial charge in [0, 0.05) is 12.4 Å². The van der Waals surface area contributed by atoms with Crippen LogP contribution in [0.25, 0.3) is 11.0 Å². The smallest absolute Gasteiger partial charge is 0.225 e. The van der Waals surface area contributed by atoms with Gasteiger partial charge in [-0.2, -0.15) is 10.1 Å². The highest BCUT2D eigenvalue weighted by molar-refractivity contribution is 7.99. The predicted molar refractivity (Wildman–Crippen MR) is 62.8 cm³/mol. The van der Waals surface area contributed by atoms with Crippen molar-refractivity contribution < 1.29 is 0 Å². The van der Waals surface area contributed by atoms with E-state index in [0.29, 0.717) is 15.8 Å². The van der Waals surface area contributed by atoms with Gasteiger partial charge in [-0.25, -0.2) is 15.0 Å². The van der Waals surface area contributed by atoms with Crippen molar-refractivity contribution in [2.45, 2.75) is 10.2 Å². The fourth-order valence-corrected chi connectivity index (χ4v) is 2.30. The molecule has 3 rings (SSSR count). The topological polar surface area (TPSA) is 80.2 Å². The highest BCUT2D eigenvalue weighted by Crippen LogP contribution is 2.28. The van der Waals surface area contributed by atoms with Crippen LogP contribution in [-0.2, 0) is 0 Å². The van der Waals surface area contributed by atoms with Gasteiger partial charge in [0.05, 0.1) is 11.6 Å². The van der Waals surface area contributed by atoms with Crippen LogP contribution in [0, 0.1) is 0 Å². The van der Waals surface area contributed by atoms with Crippen LogP contribution in [0.5, 0.6) is 0 Å². The van der Waals surface area contributed by atoms with Gasteiger partial charge < -0.3 is 0 Å². The third-order valence-corrected chi connectivity index (χ3v) is 3.04. The minimum Gasteiger partial charge on any atom is -0.261 e. The van der Waals surface area contributed by atoms with E-state index in [2.05, 4.69) is 30.1 Å². The molecule has 0 aliphatic rings. The number of aromatic amines is 1. The Morgan fingerprint density at radius 1 is 1.18 bits per heavy atom. The standard InChI is InChI=1S/C9H5ClN6S/c10-8-14-6-5(4-13-16-6)7(15-8)17-9-11-2-1-3-12-9/h1-4H,(H,13,14,15,16). The van der Waals surface area contributed by atoms with E-state index in [0.717, 1.165) is 5.39 Å². The monoisotopic (exact) mass is 264 g/mol. The van der Waals surface area contributed by atoms with E-state index < -0.39 is 0 Å². The molecule has 0 fully saturated rings. The van der Waals surface area contributed by atoms with E-state index in [1.807, 2.05) is 0 Å². The second-order valence-electron chi connectivity index (χ2n) is 3.06. The maximum atomic E-state index is 5.82. The zero-order chi connectivity index (χ0) is 11.7. The minimum absolute atomic E-state index is 0.167. The first-order valence-corrected chi connectivity index (χ1v) is 5.84. The predicted octanol–water partition coefficient (Wildman–Crippen LogP) is 1.95. The highest BCUT2D eigenvalue weighted by atomic mass is 35.5. The Bertz CT molecular complexity index is 655. The van der Waals surface area contributed by atoms with Gasteiger partial charge in [0.15, 0.2) is 10.8 Å². The Labute approximate surface area is 105 Å². The molecule has 3 aromatic heterocycles. The molecule has 0 aliphatic heterocycles. The summed E-state index contributed by atoms with van der Waals surface area (Å²) in [7, 11) is 0. The van der Waals surface area contributed by atoms with Crippen LogP contribution >= 0.6 is 23.4 Å². The Morgan fingerprint density at radius 2 is 2.00 bits per heavy atom. The molecule has 0 radical (unpaired) electrons. The summed E-state index contributed by atoms with van der Waals surface area (Å²) in [6, 6.07) is 1.75. The molecule has 1 N–H and O–H groups in total. The molecule has 0 aliphatic carbocycles. The molecule has 0 aromatic carbocycles. The van der Waals surface area contributed by atoms with Crippen LogP contribution < -0.4 is 0 Å². The number of hydrogen-bond donors (Lipinski definition) is 1. The number of fused-ring (bicyclic) bond motifs is 1. The van der Waals surface area contributed by atoms with Crippen molar-refractivity contribution in [3.63, 3.8) is 0 Å². The number of aromatic nitrogens is 6. The molecule has 3 aromatic rings. The molecule has 0 atom stereocenters. The molecule has 0 saturated heterocycles. The molecule has 0 saturated carbocycles. The van der Waals surface area contributed by atoms with Crippen molar-refractivity contribution in [2.24, 2.45) is 0 Å². The molecule has 0 unspecified atom stereocenters. The summed E-state index contributed by atoms with van der Waals surface area (Å²) < 4.78 is 0. The Kier molecular flexibility index (Phi) is 2.62. The summed E-state index contributed by atoms with van der Waals surface area (Å²) in [5.74, 6) is 0. The van der Waals surface area contributed by atoms with E-state index in [1.54, 1.807) is 24.7 Å².